The minimum atomic E-state index is -1.33. The first-order chi connectivity index (χ1) is 41.1. The summed E-state index contributed by atoms with van der Waals surface area (Å²) in [5.41, 5.74) is 1.80. The lowest BCUT2D eigenvalue weighted by Gasteiger charge is -2.32. The highest BCUT2D eigenvalue weighted by atomic mass is 16.4. The Bertz CT molecular complexity index is 2700. The van der Waals surface area contributed by atoms with Crippen LogP contribution in [0.2, 0.25) is 0 Å². The van der Waals surface area contributed by atoms with Crippen molar-refractivity contribution in [2.24, 2.45) is 0 Å². The number of fused-ring (bicyclic) bond motifs is 1. The van der Waals surface area contributed by atoms with E-state index >= 15 is 0 Å². The molecule has 0 spiro atoms. The Kier molecular flexibility index (Phi) is 31.7. The lowest BCUT2D eigenvalue weighted by atomic mass is 10.1. The van der Waals surface area contributed by atoms with Crippen molar-refractivity contribution in [3.63, 3.8) is 0 Å². The third kappa shape index (κ3) is 28.6. The van der Waals surface area contributed by atoms with Gasteiger partial charge in [0.05, 0.1) is 44.5 Å². The number of carbonyl (C=O) groups is 11. The summed E-state index contributed by atoms with van der Waals surface area (Å²) in [6.45, 7) is 4.29. The molecule has 27 heteroatoms. The fraction of sp³-hybridized carbons (Fsp3) is 0.559. The number of amides is 6. The number of rotatable bonds is 37. The molecule has 472 valence electrons. The Morgan fingerprint density at radius 3 is 1.59 bits per heavy atom. The van der Waals surface area contributed by atoms with E-state index in [4.69, 9.17) is 5.11 Å². The molecule has 0 saturated carbocycles. The van der Waals surface area contributed by atoms with Crippen molar-refractivity contribution in [1.29, 1.82) is 0 Å². The number of ketones is 1. The summed E-state index contributed by atoms with van der Waals surface area (Å²) in [7, 11) is 0. The summed E-state index contributed by atoms with van der Waals surface area (Å²) in [6.07, 6.45) is 6.43. The highest BCUT2D eigenvalue weighted by molar-refractivity contribution is 5.95. The van der Waals surface area contributed by atoms with Crippen LogP contribution in [0.1, 0.15) is 112 Å². The van der Waals surface area contributed by atoms with E-state index in [-0.39, 0.29) is 128 Å². The first-order valence-electron chi connectivity index (χ1n) is 29.2. The number of hydrogen-bond acceptors (Lipinski definition) is 16. The van der Waals surface area contributed by atoms with Crippen LogP contribution in [0.15, 0.2) is 60.8 Å². The lowest BCUT2D eigenvalue weighted by molar-refractivity contribution is -0.140. The van der Waals surface area contributed by atoms with Crippen molar-refractivity contribution in [2.75, 3.05) is 98.2 Å². The predicted molar refractivity (Wildman–Crippen MR) is 315 cm³/mol. The van der Waals surface area contributed by atoms with Crippen LogP contribution < -0.4 is 26.6 Å². The molecule has 3 aromatic rings. The second kappa shape index (κ2) is 38.7. The SMILES string of the molecule is CC(=O)[C@@H](CCC(=O)O)NC(=O)N[C@H](CCCCN(Cc1nccc2ccccc12)C(=O)c1ccc(CNC(=O)CCCCNC(=O)CCCCCCNC(=O)CN2CCN(CC(=O)O)CCN(CC(=O)O)CCN(CC(=O)O)CC2)cc1)C(=O)O. The Morgan fingerprint density at radius 2 is 1.03 bits per heavy atom. The van der Waals surface area contributed by atoms with Gasteiger partial charge in [0.25, 0.3) is 5.91 Å². The number of unbranched alkanes of at least 4 members (excludes halogenated alkanes) is 5. The third-order valence-electron chi connectivity index (χ3n) is 14.5. The standard InChI is InChI=1S/C59H85N11O16/c1-42(71)47(21-22-53(75)76)64-59(86)65-48(58(84)85)14-8-11-27-70(37-49-46-13-6-5-12-44(46)23-26-60-49)57(83)45-19-17-43(18-20-45)36-63-51(73)16-7-10-25-61-50(72)15-4-2-3-9-24-62-52(74)38-66-28-30-67(39-54(77)78)32-34-69(41-56(81)82)35-33-68(31-29-66)40-55(79)80/h5-6,12-13,17-20,23,26,47-48H,2-4,7-11,14-16,21-22,24-25,27-41H2,1H3,(H,61,72)(H,62,74)(H,63,73)(H,75,76)(H,77,78)(H,79,80)(H,81,82)(H,84,85)(H2,64,65,86)/t47-,48-/m1/s1. The zero-order valence-electron chi connectivity index (χ0n) is 49.1. The van der Waals surface area contributed by atoms with E-state index < -0.39 is 53.7 Å². The molecule has 1 saturated heterocycles. The molecule has 0 unspecified atom stereocenters. The maximum absolute atomic E-state index is 14.1. The van der Waals surface area contributed by atoms with Gasteiger partial charge in [0, 0.05) is 115 Å². The molecule has 1 aliphatic heterocycles. The summed E-state index contributed by atoms with van der Waals surface area (Å²) in [4.78, 5) is 148. The number of benzene rings is 2. The molecule has 4 rings (SSSR count). The van der Waals surface area contributed by atoms with Crippen molar-refractivity contribution in [2.45, 2.75) is 116 Å². The van der Waals surface area contributed by atoms with Crippen LogP contribution in [0.25, 0.3) is 10.8 Å². The van der Waals surface area contributed by atoms with E-state index in [1.54, 1.807) is 50.1 Å². The van der Waals surface area contributed by atoms with Crippen molar-refractivity contribution in [1.82, 2.24) is 56.1 Å². The largest absolute Gasteiger partial charge is 0.481 e. The van der Waals surface area contributed by atoms with Gasteiger partial charge in [-0.25, -0.2) is 9.59 Å². The number of pyridine rings is 1. The van der Waals surface area contributed by atoms with Gasteiger partial charge < -0.3 is 57.0 Å². The van der Waals surface area contributed by atoms with Crippen LogP contribution in [-0.4, -0.2) is 231 Å². The van der Waals surface area contributed by atoms with Crippen LogP contribution in [0.4, 0.5) is 4.79 Å². The Balaban J connectivity index is 1.13. The molecule has 2 aromatic carbocycles. The van der Waals surface area contributed by atoms with Crippen LogP contribution in [-0.2, 0) is 56.2 Å². The van der Waals surface area contributed by atoms with Crippen LogP contribution in [0.5, 0.6) is 0 Å². The molecule has 1 fully saturated rings. The zero-order chi connectivity index (χ0) is 62.8. The molecule has 6 amide bonds. The van der Waals surface area contributed by atoms with E-state index in [9.17, 15) is 73.2 Å². The number of nitrogens with one attached hydrogen (secondary N) is 5. The molecule has 27 nitrogen and oxygen atoms in total. The molecule has 0 aliphatic carbocycles. The molecular weight excluding hydrogens is 1120 g/mol. The van der Waals surface area contributed by atoms with Crippen molar-refractivity contribution in [3.05, 3.63) is 77.6 Å². The first-order valence-corrected chi connectivity index (χ1v) is 29.2. The van der Waals surface area contributed by atoms with E-state index in [0.29, 0.717) is 89.1 Å². The Labute approximate surface area is 500 Å². The van der Waals surface area contributed by atoms with Crippen molar-refractivity contribution < 1.29 is 78.3 Å². The Hall–Kier alpha value is -8.14. The molecule has 10 N–H and O–H groups in total. The molecule has 1 aliphatic rings. The number of urea groups is 1. The van der Waals surface area contributed by atoms with Crippen LogP contribution in [0.3, 0.4) is 0 Å². The second-order valence-corrected chi connectivity index (χ2v) is 21.4. The average Bonchev–Trinajstić information content (AvgIpc) is 2.75. The maximum atomic E-state index is 14.1. The minimum Gasteiger partial charge on any atom is -0.481 e. The number of Topliss-reactive ketones (excluding diaryl/α,β-unsaturated/α-hetero) is 1. The quantitative estimate of drug-likeness (QED) is 0.0369. The molecule has 1 aromatic heterocycles. The van der Waals surface area contributed by atoms with Gasteiger partial charge in [0.1, 0.15) is 6.04 Å². The molecular formula is C59H85N11O16. The van der Waals surface area contributed by atoms with Crippen molar-refractivity contribution >= 4 is 76.1 Å². The third-order valence-corrected chi connectivity index (χ3v) is 14.5. The maximum Gasteiger partial charge on any atom is 0.326 e. The summed E-state index contributed by atoms with van der Waals surface area (Å²) in [6, 6.07) is 13.0. The zero-order valence-corrected chi connectivity index (χ0v) is 49.1. The Morgan fingerprint density at radius 1 is 0.523 bits per heavy atom. The van der Waals surface area contributed by atoms with Gasteiger partial charge in [0.15, 0.2) is 5.78 Å². The van der Waals surface area contributed by atoms with Gasteiger partial charge in [-0.05, 0) is 87.4 Å². The number of aromatic nitrogens is 1. The summed E-state index contributed by atoms with van der Waals surface area (Å²) in [5, 5.41) is 62.4. The summed E-state index contributed by atoms with van der Waals surface area (Å²) in [5.74, 6) is -6.82. The molecule has 0 radical (unpaired) electrons. The highest BCUT2D eigenvalue weighted by Crippen LogP contribution is 2.20. The lowest BCUT2D eigenvalue weighted by Crippen LogP contribution is -2.50. The van der Waals surface area contributed by atoms with Gasteiger partial charge in [-0.3, -0.25) is 67.7 Å². The van der Waals surface area contributed by atoms with Gasteiger partial charge in [-0.1, -0.05) is 49.2 Å². The number of aliphatic carboxylic acids is 5. The van der Waals surface area contributed by atoms with E-state index in [1.807, 2.05) is 35.2 Å². The number of carboxylic acid groups (broad SMARTS) is 5. The molecule has 0 bridgehead atoms. The number of nitrogens with zero attached hydrogens (tertiary/aromatic N) is 6. The first kappa shape index (κ1) is 70.3. The predicted octanol–water partition coefficient (Wildman–Crippen LogP) is 2.07. The van der Waals surface area contributed by atoms with Gasteiger partial charge >= 0.3 is 35.9 Å². The number of carbonyl (C=O) groups excluding carboxylic acids is 6. The van der Waals surface area contributed by atoms with E-state index in [2.05, 4.69) is 31.6 Å². The van der Waals surface area contributed by atoms with Crippen LogP contribution in [0, 0.1) is 0 Å². The monoisotopic (exact) mass is 1200 g/mol. The molecule has 2 atom stereocenters. The van der Waals surface area contributed by atoms with Gasteiger partial charge in [-0.15, -0.1) is 0 Å². The minimum absolute atomic E-state index is 0.00149. The van der Waals surface area contributed by atoms with Crippen LogP contribution >= 0.6 is 0 Å². The average molecular weight is 1200 g/mol. The smallest absolute Gasteiger partial charge is 0.326 e. The topological polar surface area (TPSA) is 378 Å². The fourth-order valence-corrected chi connectivity index (χ4v) is 9.65. The normalized spacial score (nSPS) is 14.5. The van der Waals surface area contributed by atoms with E-state index in [1.165, 1.54) is 6.92 Å². The fourth-order valence-electron chi connectivity index (χ4n) is 9.65. The number of carboxylic acids is 5. The van der Waals surface area contributed by atoms with Gasteiger partial charge in [-0.2, -0.15) is 0 Å². The molecule has 2 heterocycles. The highest BCUT2D eigenvalue weighted by Gasteiger charge is 2.26. The van der Waals surface area contributed by atoms with E-state index in [0.717, 1.165) is 29.2 Å². The molecule has 86 heavy (non-hydrogen) atoms. The van der Waals surface area contributed by atoms with Crippen molar-refractivity contribution in [3.8, 4) is 0 Å². The number of hydrogen-bond donors (Lipinski definition) is 10. The summed E-state index contributed by atoms with van der Waals surface area (Å²) >= 11 is 0. The second-order valence-electron chi connectivity index (χ2n) is 21.4. The summed E-state index contributed by atoms with van der Waals surface area (Å²) < 4.78 is 0. The van der Waals surface area contributed by atoms with Gasteiger partial charge in [0.2, 0.25) is 17.7 Å².